The van der Waals surface area contributed by atoms with Crippen molar-refractivity contribution in [2.24, 2.45) is 5.92 Å². The minimum absolute atomic E-state index is 0.0293. The number of rotatable bonds is 4. The van der Waals surface area contributed by atoms with Gasteiger partial charge in [-0.25, -0.2) is 0 Å². The maximum atomic E-state index is 11.9. The molecule has 1 saturated heterocycles. The molecule has 1 unspecified atom stereocenters. The lowest BCUT2D eigenvalue weighted by Crippen LogP contribution is -2.48. The third-order valence-corrected chi connectivity index (χ3v) is 4.37. The van der Waals surface area contributed by atoms with E-state index in [2.05, 4.69) is 4.72 Å². The van der Waals surface area contributed by atoms with Gasteiger partial charge in [0.1, 0.15) is 0 Å². The molecule has 0 spiro atoms. The molecule has 0 aromatic rings. The summed E-state index contributed by atoms with van der Waals surface area (Å²) in [4.78, 5) is 10.6. The van der Waals surface area contributed by atoms with Crippen LogP contribution in [0.2, 0.25) is 0 Å². The molecule has 1 fully saturated rings. The Hall–Kier alpha value is -0.660. The van der Waals surface area contributed by atoms with Gasteiger partial charge in [0.15, 0.2) is 0 Å². The van der Waals surface area contributed by atoms with Crippen LogP contribution in [0.5, 0.6) is 0 Å². The van der Waals surface area contributed by atoms with Gasteiger partial charge in [-0.05, 0) is 33.1 Å². The van der Waals surface area contributed by atoms with E-state index in [1.807, 2.05) is 0 Å². The molecule has 0 bridgehead atoms. The van der Waals surface area contributed by atoms with Crippen LogP contribution in [0.25, 0.3) is 0 Å². The van der Waals surface area contributed by atoms with Crippen LogP contribution in [-0.4, -0.2) is 42.4 Å². The Labute approximate surface area is 102 Å². The monoisotopic (exact) mass is 264 g/mol. The van der Waals surface area contributed by atoms with Crippen LogP contribution in [0.1, 0.15) is 33.6 Å². The molecule has 2 N–H and O–H groups in total. The third-order valence-electron chi connectivity index (χ3n) is 2.49. The van der Waals surface area contributed by atoms with E-state index in [0.29, 0.717) is 13.0 Å². The number of aliphatic carboxylic acids is 1. The number of nitrogens with zero attached hydrogens (tertiary/aromatic N) is 1. The number of carboxylic acids is 1. The lowest BCUT2D eigenvalue weighted by molar-refractivity contribution is -0.137. The standard InChI is InChI=1S/C10H20N2O4S/c1-10(2,3)11-17(15,16)12-5-4-8(7-12)6-9(13)14/h8,11H,4-7H2,1-3H3,(H,13,14). The minimum Gasteiger partial charge on any atom is -0.481 e. The highest BCUT2D eigenvalue weighted by atomic mass is 32.2. The van der Waals surface area contributed by atoms with Crippen LogP contribution in [-0.2, 0) is 15.0 Å². The van der Waals surface area contributed by atoms with Gasteiger partial charge in [-0.3, -0.25) is 4.79 Å². The lowest BCUT2D eigenvalue weighted by atomic mass is 10.1. The molecule has 17 heavy (non-hydrogen) atoms. The highest BCUT2D eigenvalue weighted by molar-refractivity contribution is 7.87. The van der Waals surface area contributed by atoms with E-state index < -0.39 is 21.7 Å². The van der Waals surface area contributed by atoms with Crippen LogP contribution in [0, 0.1) is 5.92 Å². The van der Waals surface area contributed by atoms with Gasteiger partial charge in [0.2, 0.25) is 0 Å². The molecule has 1 aliphatic rings. The second-order valence-electron chi connectivity index (χ2n) is 5.47. The first-order chi connectivity index (χ1) is 7.60. The number of carboxylic acid groups (broad SMARTS) is 1. The predicted octanol–water partition coefficient (Wildman–Crippen LogP) is 0.416. The second-order valence-corrected chi connectivity index (χ2v) is 7.14. The molecule has 1 heterocycles. The van der Waals surface area contributed by atoms with Gasteiger partial charge >= 0.3 is 5.97 Å². The summed E-state index contributed by atoms with van der Waals surface area (Å²) < 4.78 is 27.8. The zero-order valence-electron chi connectivity index (χ0n) is 10.4. The average Bonchev–Trinajstić information content (AvgIpc) is 2.46. The fraction of sp³-hybridized carbons (Fsp3) is 0.900. The van der Waals surface area contributed by atoms with Crippen molar-refractivity contribution in [3.63, 3.8) is 0 Å². The van der Waals surface area contributed by atoms with Crippen molar-refractivity contribution in [2.45, 2.75) is 39.2 Å². The van der Waals surface area contributed by atoms with Crippen LogP contribution in [0.15, 0.2) is 0 Å². The summed E-state index contributed by atoms with van der Waals surface area (Å²) in [5.41, 5.74) is -0.524. The molecule has 0 amide bonds. The van der Waals surface area contributed by atoms with Gasteiger partial charge in [-0.2, -0.15) is 17.4 Å². The Kier molecular flexibility index (Phi) is 4.16. The number of hydrogen-bond acceptors (Lipinski definition) is 3. The molecule has 7 heteroatoms. The molecule has 1 rings (SSSR count). The van der Waals surface area contributed by atoms with Crippen molar-refractivity contribution in [3.05, 3.63) is 0 Å². The van der Waals surface area contributed by atoms with E-state index in [1.54, 1.807) is 20.8 Å². The Morgan fingerprint density at radius 1 is 1.47 bits per heavy atom. The molecule has 0 saturated carbocycles. The largest absolute Gasteiger partial charge is 0.481 e. The molecule has 6 nitrogen and oxygen atoms in total. The molecule has 1 aliphatic heterocycles. The molecule has 0 aromatic heterocycles. The number of hydrogen-bond donors (Lipinski definition) is 2. The summed E-state index contributed by atoms with van der Waals surface area (Å²) in [5, 5.41) is 8.67. The zero-order chi connectivity index (χ0) is 13.3. The van der Waals surface area contributed by atoms with Crippen LogP contribution < -0.4 is 4.72 Å². The Morgan fingerprint density at radius 3 is 2.53 bits per heavy atom. The Morgan fingerprint density at radius 2 is 2.06 bits per heavy atom. The summed E-state index contributed by atoms with van der Waals surface area (Å²) >= 11 is 0. The second kappa shape index (κ2) is 4.91. The van der Waals surface area contributed by atoms with E-state index in [0.717, 1.165) is 0 Å². The van der Waals surface area contributed by atoms with Crippen LogP contribution in [0.4, 0.5) is 0 Å². The van der Waals surface area contributed by atoms with Crippen LogP contribution >= 0.6 is 0 Å². The quantitative estimate of drug-likeness (QED) is 0.770. The molecule has 0 radical (unpaired) electrons. The van der Waals surface area contributed by atoms with Gasteiger partial charge in [0, 0.05) is 25.0 Å². The van der Waals surface area contributed by atoms with E-state index in [1.165, 1.54) is 4.31 Å². The molecular formula is C10H20N2O4S. The van der Waals surface area contributed by atoms with E-state index in [4.69, 9.17) is 5.11 Å². The summed E-state index contributed by atoms with van der Waals surface area (Å²) in [5.74, 6) is -0.956. The topological polar surface area (TPSA) is 86.7 Å². The van der Waals surface area contributed by atoms with Gasteiger partial charge in [0.05, 0.1) is 0 Å². The zero-order valence-corrected chi connectivity index (χ0v) is 11.2. The van der Waals surface area contributed by atoms with Crippen molar-refractivity contribution in [2.75, 3.05) is 13.1 Å². The summed E-state index contributed by atoms with van der Waals surface area (Å²) in [6, 6.07) is 0. The van der Waals surface area contributed by atoms with Crippen LogP contribution in [0.3, 0.4) is 0 Å². The molecule has 0 aromatic carbocycles. The van der Waals surface area contributed by atoms with Gasteiger partial charge in [-0.1, -0.05) is 0 Å². The molecule has 1 atom stereocenters. The number of nitrogens with one attached hydrogen (secondary N) is 1. The number of carbonyl (C=O) groups is 1. The van der Waals surface area contributed by atoms with Crippen molar-refractivity contribution in [1.82, 2.24) is 9.03 Å². The Bertz CT molecular complexity index is 386. The van der Waals surface area contributed by atoms with Crippen molar-refractivity contribution in [1.29, 1.82) is 0 Å². The molecular weight excluding hydrogens is 244 g/mol. The first-order valence-corrected chi connectivity index (χ1v) is 7.05. The highest BCUT2D eigenvalue weighted by Crippen LogP contribution is 2.22. The van der Waals surface area contributed by atoms with E-state index in [9.17, 15) is 13.2 Å². The summed E-state index contributed by atoms with van der Waals surface area (Å²) in [6.45, 7) is 6.00. The maximum absolute atomic E-state index is 11.9. The normalized spacial score (nSPS) is 22.9. The lowest BCUT2D eigenvalue weighted by Gasteiger charge is -2.25. The van der Waals surface area contributed by atoms with Gasteiger partial charge in [0.25, 0.3) is 10.2 Å². The smallest absolute Gasteiger partial charge is 0.303 e. The predicted molar refractivity (Wildman–Crippen MR) is 63.7 cm³/mol. The fourth-order valence-corrected chi connectivity index (χ4v) is 3.54. The first-order valence-electron chi connectivity index (χ1n) is 5.61. The van der Waals surface area contributed by atoms with Gasteiger partial charge in [-0.15, -0.1) is 0 Å². The molecule has 0 aliphatic carbocycles. The van der Waals surface area contributed by atoms with Gasteiger partial charge < -0.3 is 5.11 Å². The third kappa shape index (κ3) is 4.61. The SMILES string of the molecule is CC(C)(C)NS(=O)(=O)N1CCC(CC(=O)O)C1. The Balaban J connectivity index is 2.61. The van der Waals surface area contributed by atoms with E-state index in [-0.39, 0.29) is 18.9 Å². The minimum atomic E-state index is -3.50. The fourth-order valence-electron chi connectivity index (χ4n) is 1.88. The average molecular weight is 264 g/mol. The summed E-state index contributed by atoms with van der Waals surface area (Å²) in [7, 11) is -3.50. The van der Waals surface area contributed by atoms with Crippen molar-refractivity contribution < 1.29 is 18.3 Å². The summed E-state index contributed by atoms with van der Waals surface area (Å²) in [6.07, 6.45) is 0.638. The van der Waals surface area contributed by atoms with Crippen molar-refractivity contribution >= 4 is 16.2 Å². The highest BCUT2D eigenvalue weighted by Gasteiger charge is 2.34. The maximum Gasteiger partial charge on any atom is 0.303 e. The van der Waals surface area contributed by atoms with E-state index >= 15 is 0 Å². The molecule has 100 valence electrons. The van der Waals surface area contributed by atoms with Crippen molar-refractivity contribution in [3.8, 4) is 0 Å². The first kappa shape index (κ1) is 14.4.